The summed E-state index contributed by atoms with van der Waals surface area (Å²) in [5.41, 5.74) is 1.18. The summed E-state index contributed by atoms with van der Waals surface area (Å²) >= 11 is 3.54. The fourth-order valence-electron chi connectivity index (χ4n) is 2.84. The van der Waals surface area contributed by atoms with Crippen LogP contribution in [0.1, 0.15) is 31.5 Å². The van der Waals surface area contributed by atoms with Gasteiger partial charge in [0.1, 0.15) is 5.82 Å². The minimum absolute atomic E-state index is 0.565. The summed E-state index contributed by atoms with van der Waals surface area (Å²) in [5, 5.41) is 0. The lowest BCUT2D eigenvalue weighted by Gasteiger charge is -2.31. The predicted molar refractivity (Wildman–Crippen MR) is 77.0 cm³/mol. The molecule has 96 valence electrons. The van der Waals surface area contributed by atoms with Crippen LogP contribution in [0.4, 0.5) is 0 Å². The third-order valence-electron chi connectivity index (χ3n) is 3.84. The van der Waals surface area contributed by atoms with Crippen LogP contribution >= 0.6 is 15.9 Å². The van der Waals surface area contributed by atoms with Gasteiger partial charge in [0, 0.05) is 23.1 Å². The lowest BCUT2D eigenvalue weighted by atomic mass is 9.97. The first kappa shape index (κ1) is 12.2. The summed E-state index contributed by atoms with van der Waals surface area (Å²) in [4.78, 5) is 7.17. The molecule has 0 saturated carbocycles. The molecule has 3 heterocycles. The molecule has 0 amide bonds. The Kier molecular flexibility index (Phi) is 3.39. The lowest BCUT2D eigenvalue weighted by molar-refractivity contribution is 0.213. The fourth-order valence-corrected chi connectivity index (χ4v) is 3.18. The maximum atomic E-state index is 4.64. The van der Waals surface area contributed by atoms with Crippen molar-refractivity contribution in [1.29, 1.82) is 0 Å². The zero-order chi connectivity index (χ0) is 12.5. The topological polar surface area (TPSA) is 20.5 Å². The minimum atomic E-state index is 0.565. The Labute approximate surface area is 116 Å². The Bertz CT molecular complexity index is 549. The molecule has 1 unspecified atom stereocenters. The maximum Gasteiger partial charge on any atom is 0.117 e. The van der Waals surface area contributed by atoms with Crippen molar-refractivity contribution in [2.24, 2.45) is 0 Å². The monoisotopic (exact) mass is 307 g/mol. The molecular formula is C14H18BrN3. The number of imidazole rings is 1. The van der Waals surface area contributed by atoms with Crippen molar-refractivity contribution in [2.75, 3.05) is 19.6 Å². The van der Waals surface area contributed by atoms with E-state index in [9.17, 15) is 0 Å². The Morgan fingerprint density at radius 2 is 2.33 bits per heavy atom. The standard InChI is InChI=1S/C14H18BrN3/c1-2-17-7-3-4-11(9-17)14-16-8-13-6-5-12(15)10-18(13)14/h5-6,8,10-11H,2-4,7,9H2,1H3. The Morgan fingerprint density at radius 1 is 1.44 bits per heavy atom. The first-order valence-electron chi connectivity index (χ1n) is 6.63. The molecule has 2 aromatic heterocycles. The molecule has 1 aliphatic rings. The maximum absolute atomic E-state index is 4.64. The van der Waals surface area contributed by atoms with E-state index in [1.807, 2.05) is 6.20 Å². The van der Waals surface area contributed by atoms with E-state index in [4.69, 9.17) is 0 Å². The molecule has 3 nitrogen and oxygen atoms in total. The van der Waals surface area contributed by atoms with Gasteiger partial charge in [0.15, 0.2) is 0 Å². The second-order valence-electron chi connectivity index (χ2n) is 4.99. The summed E-state index contributed by atoms with van der Waals surface area (Å²) in [7, 11) is 0. The molecule has 0 spiro atoms. The van der Waals surface area contributed by atoms with Crippen molar-refractivity contribution < 1.29 is 0 Å². The summed E-state index contributed by atoms with van der Waals surface area (Å²) in [5.74, 6) is 1.78. The lowest BCUT2D eigenvalue weighted by Crippen LogP contribution is -2.34. The Balaban J connectivity index is 1.96. The second kappa shape index (κ2) is 5.02. The Hall–Kier alpha value is -0.870. The van der Waals surface area contributed by atoms with Gasteiger partial charge in [0.2, 0.25) is 0 Å². The van der Waals surface area contributed by atoms with E-state index in [1.165, 1.54) is 30.7 Å². The van der Waals surface area contributed by atoms with Crippen LogP contribution in [0.3, 0.4) is 0 Å². The molecule has 0 aliphatic carbocycles. The molecule has 2 aromatic rings. The first-order valence-corrected chi connectivity index (χ1v) is 7.42. The minimum Gasteiger partial charge on any atom is -0.303 e. The number of pyridine rings is 1. The molecule has 4 heteroatoms. The molecule has 0 N–H and O–H groups in total. The number of hydrogen-bond acceptors (Lipinski definition) is 2. The molecule has 0 aromatic carbocycles. The average Bonchev–Trinajstić information content (AvgIpc) is 2.81. The number of likely N-dealkylation sites (tertiary alicyclic amines) is 1. The molecule has 18 heavy (non-hydrogen) atoms. The van der Waals surface area contributed by atoms with E-state index in [1.54, 1.807) is 0 Å². The fraction of sp³-hybridized carbons (Fsp3) is 0.500. The molecule has 1 fully saturated rings. The van der Waals surface area contributed by atoms with Crippen LogP contribution in [0.2, 0.25) is 0 Å². The third-order valence-corrected chi connectivity index (χ3v) is 4.31. The Morgan fingerprint density at radius 3 is 3.17 bits per heavy atom. The number of rotatable bonds is 2. The number of hydrogen-bond donors (Lipinski definition) is 0. The number of nitrogens with zero attached hydrogens (tertiary/aromatic N) is 3. The van der Waals surface area contributed by atoms with Crippen LogP contribution < -0.4 is 0 Å². The zero-order valence-corrected chi connectivity index (χ0v) is 12.2. The van der Waals surface area contributed by atoms with Crippen LogP contribution in [0, 0.1) is 0 Å². The highest BCUT2D eigenvalue weighted by atomic mass is 79.9. The molecule has 1 aliphatic heterocycles. The molecule has 0 bridgehead atoms. The van der Waals surface area contributed by atoms with Gasteiger partial charge in [0.25, 0.3) is 0 Å². The van der Waals surface area contributed by atoms with Gasteiger partial charge in [-0.25, -0.2) is 4.98 Å². The molecular weight excluding hydrogens is 290 g/mol. The predicted octanol–water partition coefficient (Wildman–Crippen LogP) is 3.30. The normalized spacial score (nSPS) is 21.6. The smallest absolute Gasteiger partial charge is 0.117 e. The molecule has 1 saturated heterocycles. The van der Waals surface area contributed by atoms with Crippen molar-refractivity contribution in [3.8, 4) is 0 Å². The van der Waals surface area contributed by atoms with E-state index in [0.717, 1.165) is 17.6 Å². The molecule has 1 atom stereocenters. The average molecular weight is 308 g/mol. The number of halogens is 1. The van der Waals surface area contributed by atoms with E-state index < -0.39 is 0 Å². The van der Waals surface area contributed by atoms with Crippen molar-refractivity contribution >= 4 is 21.4 Å². The largest absolute Gasteiger partial charge is 0.303 e. The van der Waals surface area contributed by atoms with Gasteiger partial charge < -0.3 is 9.30 Å². The second-order valence-corrected chi connectivity index (χ2v) is 5.91. The van der Waals surface area contributed by atoms with Gasteiger partial charge in [-0.3, -0.25) is 0 Å². The summed E-state index contributed by atoms with van der Waals surface area (Å²) in [6.45, 7) is 5.76. The summed E-state index contributed by atoms with van der Waals surface area (Å²) in [6.07, 6.45) is 6.64. The van der Waals surface area contributed by atoms with E-state index in [-0.39, 0.29) is 0 Å². The van der Waals surface area contributed by atoms with Gasteiger partial charge in [-0.05, 0) is 54.0 Å². The van der Waals surface area contributed by atoms with Crippen molar-refractivity contribution in [3.05, 3.63) is 34.8 Å². The summed E-state index contributed by atoms with van der Waals surface area (Å²) < 4.78 is 3.34. The highest BCUT2D eigenvalue weighted by Crippen LogP contribution is 2.27. The number of likely N-dealkylation sites (N-methyl/N-ethyl adjacent to an activating group) is 1. The van der Waals surface area contributed by atoms with E-state index >= 15 is 0 Å². The van der Waals surface area contributed by atoms with Crippen molar-refractivity contribution in [3.63, 3.8) is 0 Å². The van der Waals surface area contributed by atoms with Gasteiger partial charge in [0.05, 0.1) is 11.7 Å². The van der Waals surface area contributed by atoms with Crippen molar-refractivity contribution in [2.45, 2.75) is 25.7 Å². The number of fused-ring (bicyclic) bond motifs is 1. The van der Waals surface area contributed by atoms with Crippen LogP contribution in [-0.4, -0.2) is 33.9 Å². The highest BCUT2D eigenvalue weighted by molar-refractivity contribution is 9.10. The SMILES string of the molecule is CCN1CCCC(c2ncc3ccc(Br)cn23)C1. The quantitative estimate of drug-likeness (QED) is 0.848. The van der Waals surface area contributed by atoms with Crippen LogP contribution in [0.15, 0.2) is 29.0 Å². The summed E-state index contributed by atoms with van der Waals surface area (Å²) in [6, 6.07) is 4.18. The van der Waals surface area contributed by atoms with Crippen LogP contribution in [0.5, 0.6) is 0 Å². The molecule has 0 radical (unpaired) electrons. The number of aromatic nitrogens is 2. The highest BCUT2D eigenvalue weighted by Gasteiger charge is 2.23. The van der Waals surface area contributed by atoms with Gasteiger partial charge >= 0.3 is 0 Å². The van der Waals surface area contributed by atoms with Gasteiger partial charge in [-0.2, -0.15) is 0 Å². The van der Waals surface area contributed by atoms with Gasteiger partial charge in [-0.1, -0.05) is 6.92 Å². The van der Waals surface area contributed by atoms with Crippen LogP contribution in [0.25, 0.3) is 5.52 Å². The zero-order valence-electron chi connectivity index (χ0n) is 10.6. The first-order chi connectivity index (χ1) is 8.78. The van der Waals surface area contributed by atoms with E-state index in [0.29, 0.717) is 5.92 Å². The number of piperidine rings is 1. The third kappa shape index (κ3) is 2.19. The van der Waals surface area contributed by atoms with Crippen molar-refractivity contribution in [1.82, 2.24) is 14.3 Å². The van der Waals surface area contributed by atoms with E-state index in [2.05, 4.69) is 55.5 Å². The van der Waals surface area contributed by atoms with Crippen LogP contribution in [-0.2, 0) is 0 Å². The van der Waals surface area contributed by atoms with Gasteiger partial charge in [-0.15, -0.1) is 0 Å². The molecule has 3 rings (SSSR count).